The van der Waals surface area contributed by atoms with Crippen molar-refractivity contribution in [2.24, 2.45) is 0 Å². The molecule has 3 aromatic heterocycles. The molecule has 5 aromatic rings. The molecule has 0 saturated heterocycles. The van der Waals surface area contributed by atoms with Crippen LogP contribution < -0.4 is 5.56 Å². The van der Waals surface area contributed by atoms with Gasteiger partial charge in [0.2, 0.25) is 11.8 Å². The van der Waals surface area contributed by atoms with Gasteiger partial charge in [0, 0.05) is 10.4 Å². The van der Waals surface area contributed by atoms with Crippen LogP contribution in [0.25, 0.3) is 32.1 Å². The highest BCUT2D eigenvalue weighted by Crippen LogP contribution is 2.30. The van der Waals surface area contributed by atoms with Crippen molar-refractivity contribution in [1.29, 1.82) is 0 Å². The van der Waals surface area contributed by atoms with Crippen molar-refractivity contribution in [2.45, 2.75) is 6.54 Å². The third kappa shape index (κ3) is 3.01. The highest BCUT2D eigenvalue weighted by Gasteiger charge is 2.13. The van der Waals surface area contributed by atoms with Crippen LogP contribution in [0.3, 0.4) is 0 Å². The topological polar surface area (TPSA) is 73.8 Å². The van der Waals surface area contributed by atoms with Gasteiger partial charge in [-0.3, -0.25) is 9.36 Å². The normalized spacial score (nSPS) is 11.1. The van der Waals surface area contributed by atoms with Gasteiger partial charge >= 0.3 is 0 Å². The predicted molar refractivity (Wildman–Crippen MR) is 108 cm³/mol. The number of hydrogen-bond acceptors (Lipinski definition) is 6. The Morgan fingerprint density at radius 1 is 0.929 bits per heavy atom. The zero-order chi connectivity index (χ0) is 18.9. The number of thiophene rings is 1. The van der Waals surface area contributed by atoms with E-state index in [1.807, 2.05) is 66.7 Å². The summed E-state index contributed by atoms with van der Waals surface area (Å²) < 4.78 is 7.82. The first-order valence-corrected chi connectivity index (χ1v) is 9.52. The molecule has 0 amide bonds. The molecule has 0 aliphatic heterocycles. The van der Waals surface area contributed by atoms with E-state index in [1.165, 1.54) is 22.2 Å². The van der Waals surface area contributed by atoms with E-state index in [1.54, 1.807) is 0 Å². The lowest BCUT2D eigenvalue weighted by atomic mass is 10.2. The van der Waals surface area contributed by atoms with E-state index in [9.17, 15) is 4.79 Å². The van der Waals surface area contributed by atoms with E-state index in [0.717, 1.165) is 16.0 Å². The molecule has 2 aromatic carbocycles. The van der Waals surface area contributed by atoms with E-state index in [2.05, 4.69) is 15.2 Å². The van der Waals surface area contributed by atoms with Gasteiger partial charge in [-0.2, -0.15) is 0 Å². The number of benzene rings is 2. The molecule has 28 heavy (non-hydrogen) atoms. The lowest BCUT2D eigenvalue weighted by Gasteiger charge is -2.00. The van der Waals surface area contributed by atoms with Gasteiger partial charge in [0.15, 0.2) is 0 Å². The molecule has 7 heteroatoms. The van der Waals surface area contributed by atoms with Crippen LogP contribution in [0, 0.1) is 0 Å². The zero-order valence-electron chi connectivity index (χ0n) is 14.6. The minimum atomic E-state index is -0.114. The second-order valence-corrected chi connectivity index (χ2v) is 7.29. The Hall–Kier alpha value is -3.58. The lowest BCUT2D eigenvalue weighted by Crippen LogP contribution is -2.20. The van der Waals surface area contributed by atoms with E-state index < -0.39 is 0 Å². The third-order valence-electron chi connectivity index (χ3n) is 4.36. The quantitative estimate of drug-likeness (QED) is 0.462. The number of aromatic nitrogens is 4. The molecule has 5 rings (SSSR count). The largest absolute Gasteiger partial charge is 0.419 e. The smallest absolute Gasteiger partial charge is 0.271 e. The molecule has 3 heterocycles. The van der Waals surface area contributed by atoms with Gasteiger partial charge in [-0.1, -0.05) is 48.5 Å². The average Bonchev–Trinajstić information content (AvgIpc) is 3.39. The molecular formula is C21H14N4O2S. The minimum Gasteiger partial charge on any atom is -0.419 e. The van der Waals surface area contributed by atoms with E-state index >= 15 is 0 Å². The van der Waals surface area contributed by atoms with Gasteiger partial charge in [0.25, 0.3) is 5.56 Å². The second-order valence-electron chi connectivity index (χ2n) is 6.24. The van der Waals surface area contributed by atoms with Crippen molar-refractivity contribution in [3.8, 4) is 21.9 Å². The van der Waals surface area contributed by atoms with E-state index in [0.29, 0.717) is 22.0 Å². The zero-order valence-corrected chi connectivity index (χ0v) is 15.5. The fourth-order valence-corrected chi connectivity index (χ4v) is 4.03. The molecule has 0 spiro atoms. The Labute approximate surface area is 163 Å². The molecule has 0 atom stereocenters. The standard InChI is InChI=1S/C21H14N4O2S/c26-21-19-16(11-17(28-19)14-7-3-1-4-8-14)22-13-25(21)12-18-23-24-20(27-18)15-9-5-2-6-10-15/h1-11,13H,12H2. The molecule has 136 valence electrons. The summed E-state index contributed by atoms with van der Waals surface area (Å²) in [5.74, 6) is 0.794. The van der Waals surface area contributed by atoms with Crippen molar-refractivity contribution in [3.05, 3.63) is 89.3 Å². The molecule has 0 aliphatic rings. The summed E-state index contributed by atoms with van der Waals surface area (Å²) in [6.45, 7) is 0.181. The van der Waals surface area contributed by atoms with Gasteiger partial charge in [0.1, 0.15) is 11.2 Å². The summed E-state index contributed by atoms with van der Waals surface area (Å²) in [5, 5.41) is 8.13. The number of rotatable bonds is 4. The Morgan fingerprint density at radius 3 is 2.39 bits per heavy atom. The molecule has 0 bridgehead atoms. The number of nitrogens with zero attached hydrogens (tertiary/aromatic N) is 4. The van der Waals surface area contributed by atoms with Gasteiger partial charge in [0.05, 0.1) is 11.8 Å². The average molecular weight is 386 g/mol. The van der Waals surface area contributed by atoms with Gasteiger partial charge < -0.3 is 4.42 Å². The first-order valence-electron chi connectivity index (χ1n) is 8.70. The van der Waals surface area contributed by atoms with Gasteiger partial charge in [-0.25, -0.2) is 4.98 Å². The van der Waals surface area contributed by atoms with Crippen molar-refractivity contribution in [1.82, 2.24) is 19.7 Å². The summed E-state index contributed by atoms with van der Waals surface area (Å²) in [6, 6.07) is 21.4. The SMILES string of the molecule is O=c1c2sc(-c3ccccc3)cc2ncn1Cc1nnc(-c2ccccc2)o1. The molecule has 0 unspecified atom stereocenters. The first kappa shape index (κ1) is 16.6. The van der Waals surface area contributed by atoms with E-state index in [4.69, 9.17) is 4.42 Å². The monoisotopic (exact) mass is 386 g/mol. The third-order valence-corrected chi connectivity index (χ3v) is 5.52. The molecule has 0 N–H and O–H groups in total. The fraction of sp³-hybridized carbons (Fsp3) is 0.0476. The maximum Gasteiger partial charge on any atom is 0.271 e. The highest BCUT2D eigenvalue weighted by molar-refractivity contribution is 7.22. The summed E-state index contributed by atoms with van der Waals surface area (Å²) >= 11 is 1.44. The maximum atomic E-state index is 12.9. The van der Waals surface area contributed by atoms with Crippen molar-refractivity contribution < 1.29 is 4.42 Å². The predicted octanol–water partition coefficient (Wildman–Crippen LogP) is 4.22. The molecular weight excluding hydrogens is 372 g/mol. The van der Waals surface area contributed by atoms with Crippen LogP contribution >= 0.6 is 11.3 Å². The first-order chi connectivity index (χ1) is 13.8. The van der Waals surface area contributed by atoms with Crippen LogP contribution in [0.5, 0.6) is 0 Å². The summed E-state index contributed by atoms with van der Waals surface area (Å²) in [6.07, 6.45) is 1.53. The second kappa shape index (κ2) is 6.86. The Morgan fingerprint density at radius 2 is 1.64 bits per heavy atom. The summed E-state index contributed by atoms with van der Waals surface area (Å²) in [7, 11) is 0. The van der Waals surface area contributed by atoms with Crippen LogP contribution in [0.15, 0.2) is 82.3 Å². The highest BCUT2D eigenvalue weighted by atomic mass is 32.1. The van der Waals surface area contributed by atoms with Crippen LogP contribution in [-0.2, 0) is 6.54 Å². The Balaban J connectivity index is 1.48. The Kier molecular flexibility index (Phi) is 4.06. The maximum absolute atomic E-state index is 12.9. The summed E-state index contributed by atoms with van der Waals surface area (Å²) in [5.41, 5.74) is 2.49. The van der Waals surface area contributed by atoms with Gasteiger partial charge in [-0.15, -0.1) is 21.5 Å². The Bertz CT molecular complexity index is 1310. The lowest BCUT2D eigenvalue weighted by molar-refractivity contribution is 0.483. The van der Waals surface area contributed by atoms with E-state index in [-0.39, 0.29) is 12.1 Å². The number of fused-ring (bicyclic) bond motifs is 1. The van der Waals surface area contributed by atoms with Crippen LogP contribution in [0.4, 0.5) is 0 Å². The molecule has 0 fully saturated rings. The molecule has 0 radical (unpaired) electrons. The molecule has 6 nitrogen and oxygen atoms in total. The van der Waals surface area contributed by atoms with Crippen molar-refractivity contribution >= 4 is 21.6 Å². The minimum absolute atomic E-state index is 0.114. The number of hydrogen-bond donors (Lipinski definition) is 0. The van der Waals surface area contributed by atoms with Crippen LogP contribution in [0.2, 0.25) is 0 Å². The van der Waals surface area contributed by atoms with Crippen molar-refractivity contribution in [3.63, 3.8) is 0 Å². The van der Waals surface area contributed by atoms with Crippen LogP contribution in [-0.4, -0.2) is 19.7 Å². The van der Waals surface area contributed by atoms with Crippen molar-refractivity contribution in [2.75, 3.05) is 0 Å². The van der Waals surface area contributed by atoms with Gasteiger partial charge in [-0.05, 0) is 23.8 Å². The molecule has 0 aliphatic carbocycles. The summed E-state index contributed by atoms with van der Waals surface area (Å²) in [4.78, 5) is 18.3. The molecule has 0 saturated carbocycles. The van der Waals surface area contributed by atoms with Crippen LogP contribution in [0.1, 0.15) is 5.89 Å². The fourth-order valence-electron chi connectivity index (χ4n) is 2.96.